The number of hydrogen-bond donors (Lipinski definition) is 1. The average molecular weight is 187 g/mol. The zero-order valence-electron chi connectivity index (χ0n) is 8.64. The Morgan fingerprint density at radius 1 is 1.29 bits per heavy atom. The summed E-state index contributed by atoms with van der Waals surface area (Å²) in [5, 5.41) is 1.07. The molecule has 0 amide bonds. The van der Waals surface area contributed by atoms with Gasteiger partial charge in [-0.1, -0.05) is 12.1 Å². The van der Waals surface area contributed by atoms with Crippen LogP contribution in [0, 0.1) is 13.8 Å². The fourth-order valence-corrected chi connectivity index (χ4v) is 2.00. The van der Waals surface area contributed by atoms with Gasteiger partial charge in [0, 0.05) is 22.2 Å². The van der Waals surface area contributed by atoms with E-state index in [9.17, 15) is 4.79 Å². The molecule has 2 heteroatoms. The molecule has 14 heavy (non-hydrogen) atoms. The first-order valence-electron chi connectivity index (χ1n) is 4.70. The summed E-state index contributed by atoms with van der Waals surface area (Å²) in [4.78, 5) is 14.7. The molecule has 0 saturated heterocycles. The van der Waals surface area contributed by atoms with Crippen molar-refractivity contribution in [3.63, 3.8) is 0 Å². The second kappa shape index (κ2) is 2.98. The van der Waals surface area contributed by atoms with Crippen molar-refractivity contribution < 1.29 is 4.79 Å². The molecule has 0 aliphatic heterocycles. The first-order valence-corrected chi connectivity index (χ1v) is 4.70. The van der Waals surface area contributed by atoms with Gasteiger partial charge in [0.05, 0.1) is 0 Å². The average Bonchev–Trinajstić information content (AvgIpc) is 2.42. The lowest BCUT2D eigenvalue weighted by atomic mass is 10.0. The molecule has 0 bridgehead atoms. The van der Waals surface area contributed by atoms with Crippen LogP contribution in [0.2, 0.25) is 0 Å². The smallest absolute Gasteiger partial charge is 0.162 e. The number of ketones is 1. The first-order chi connectivity index (χ1) is 6.61. The molecule has 1 aromatic carbocycles. The van der Waals surface area contributed by atoms with Gasteiger partial charge in [-0.2, -0.15) is 0 Å². The first kappa shape index (κ1) is 9.00. The summed E-state index contributed by atoms with van der Waals surface area (Å²) in [5.41, 5.74) is 3.99. The van der Waals surface area contributed by atoms with E-state index in [1.54, 1.807) is 6.92 Å². The Labute approximate surface area is 82.9 Å². The van der Waals surface area contributed by atoms with E-state index < -0.39 is 0 Å². The van der Waals surface area contributed by atoms with E-state index in [2.05, 4.69) is 4.98 Å². The Hall–Kier alpha value is -1.57. The van der Waals surface area contributed by atoms with E-state index in [4.69, 9.17) is 0 Å². The van der Waals surface area contributed by atoms with Crippen LogP contribution < -0.4 is 0 Å². The van der Waals surface area contributed by atoms with Crippen molar-refractivity contribution in [2.75, 3.05) is 0 Å². The Bertz CT molecular complexity index is 508. The molecule has 0 fully saturated rings. The number of hydrogen-bond acceptors (Lipinski definition) is 1. The lowest BCUT2D eigenvalue weighted by Crippen LogP contribution is -1.93. The number of aromatic nitrogens is 1. The minimum absolute atomic E-state index is 0.128. The third-order valence-corrected chi connectivity index (χ3v) is 2.57. The second-order valence-electron chi connectivity index (χ2n) is 3.68. The van der Waals surface area contributed by atoms with Crippen molar-refractivity contribution in [1.82, 2.24) is 4.98 Å². The van der Waals surface area contributed by atoms with Gasteiger partial charge in [-0.25, -0.2) is 0 Å². The largest absolute Gasteiger partial charge is 0.358 e. The quantitative estimate of drug-likeness (QED) is 0.684. The number of aryl methyl sites for hydroxylation is 2. The molecular weight excluding hydrogens is 174 g/mol. The number of benzene rings is 1. The molecule has 0 atom stereocenters. The molecule has 0 aliphatic rings. The number of aromatic amines is 1. The molecule has 2 nitrogen and oxygen atoms in total. The van der Waals surface area contributed by atoms with Crippen LogP contribution in [0.5, 0.6) is 0 Å². The number of carbonyl (C=O) groups is 1. The Kier molecular flexibility index (Phi) is 1.92. The summed E-state index contributed by atoms with van der Waals surface area (Å²) < 4.78 is 0. The SMILES string of the molecule is CC(=O)c1c(C)[nH]c2cccc(C)c12. The maximum Gasteiger partial charge on any atom is 0.162 e. The van der Waals surface area contributed by atoms with Gasteiger partial charge in [0.1, 0.15) is 0 Å². The van der Waals surface area contributed by atoms with Gasteiger partial charge in [0.2, 0.25) is 0 Å². The number of fused-ring (bicyclic) bond motifs is 1. The normalized spacial score (nSPS) is 10.8. The number of nitrogens with one attached hydrogen (secondary N) is 1. The molecule has 0 radical (unpaired) electrons. The number of Topliss-reactive ketones (excluding diaryl/α,β-unsaturated/α-hetero) is 1. The van der Waals surface area contributed by atoms with Gasteiger partial charge < -0.3 is 4.98 Å². The minimum atomic E-state index is 0.128. The topological polar surface area (TPSA) is 32.9 Å². The Balaban J connectivity index is 2.93. The van der Waals surface area contributed by atoms with Crippen molar-refractivity contribution in [2.45, 2.75) is 20.8 Å². The summed E-state index contributed by atoms with van der Waals surface area (Å²) in [5.74, 6) is 0.128. The second-order valence-corrected chi connectivity index (χ2v) is 3.68. The zero-order chi connectivity index (χ0) is 10.3. The molecular formula is C12H13NO. The Morgan fingerprint density at radius 2 is 2.00 bits per heavy atom. The van der Waals surface area contributed by atoms with Crippen LogP contribution in [-0.4, -0.2) is 10.8 Å². The summed E-state index contributed by atoms with van der Waals surface area (Å²) in [7, 11) is 0. The monoisotopic (exact) mass is 187 g/mol. The third-order valence-electron chi connectivity index (χ3n) is 2.57. The standard InChI is InChI=1S/C12H13NO/c1-7-5-4-6-10-11(7)12(9(3)14)8(2)13-10/h4-6,13H,1-3H3. The van der Waals surface area contributed by atoms with Gasteiger partial charge >= 0.3 is 0 Å². The van der Waals surface area contributed by atoms with E-state index in [-0.39, 0.29) is 5.78 Å². The summed E-state index contributed by atoms with van der Waals surface area (Å²) in [6.45, 7) is 5.58. The highest BCUT2D eigenvalue weighted by atomic mass is 16.1. The van der Waals surface area contributed by atoms with Crippen molar-refractivity contribution in [2.24, 2.45) is 0 Å². The molecule has 1 heterocycles. The highest BCUT2D eigenvalue weighted by Crippen LogP contribution is 2.25. The molecule has 0 unspecified atom stereocenters. The predicted molar refractivity (Wildman–Crippen MR) is 57.8 cm³/mol. The van der Waals surface area contributed by atoms with Crippen molar-refractivity contribution in [3.05, 3.63) is 35.0 Å². The molecule has 0 saturated carbocycles. The number of rotatable bonds is 1. The van der Waals surface area contributed by atoms with Gasteiger partial charge in [-0.15, -0.1) is 0 Å². The van der Waals surface area contributed by atoms with Crippen LogP contribution in [0.15, 0.2) is 18.2 Å². The van der Waals surface area contributed by atoms with Crippen LogP contribution >= 0.6 is 0 Å². The maximum absolute atomic E-state index is 11.5. The summed E-state index contributed by atoms with van der Waals surface area (Å²) in [6.07, 6.45) is 0. The number of H-pyrrole nitrogens is 1. The van der Waals surface area contributed by atoms with Crippen molar-refractivity contribution in [1.29, 1.82) is 0 Å². The lowest BCUT2D eigenvalue weighted by molar-refractivity contribution is 0.101. The lowest BCUT2D eigenvalue weighted by Gasteiger charge is -1.98. The summed E-state index contributed by atoms with van der Waals surface area (Å²) >= 11 is 0. The van der Waals surface area contributed by atoms with E-state index in [0.29, 0.717) is 0 Å². The van der Waals surface area contributed by atoms with E-state index >= 15 is 0 Å². The molecule has 1 aromatic heterocycles. The molecule has 1 N–H and O–H groups in total. The fraction of sp³-hybridized carbons (Fsp3) is 0.250. The number of carbonyl (C=O) groups excluding carboxylic acids is 1. The fourth-order valence-electron chi connectivity index (χ4n) is 2.00. The Morgan fingerprint density at radius 3 is 2.64 bits per heavy atom. The molecule has 72 valence electrons. The summed E-state index contributed by atoms with van der Waals surface area (Å²) in [6, 6.07) is 6.03. The molecule has 0 spiro atoms. The highest BCUT2D eigenvalue weighted by molar-refractivity contribution is 6.09. The van der Waals surface area contributed by atoms with Crippen molar-refractivity contribution in [3.8, 4) is 0 Å². The maximum atomic E-state index is 11.5. The minimum Gasteiger partial charge on any atom is -0.358 e. The van der Waals surface area contributed by atoms with Crippen LogP contribution in [-0.2, 0) is 0 Å². The van der Waals surface area contributed by atoms with Crippen LogP contribution in [0.25, 0.3) is 10.9 Å². The molecule has 2 rings (SSSR count). The van der Waals surface area contributed by atoms with Crippen molar-refractivity contribution >= 4 is 16.7 Å². The molecule has 0 aliphatic carbocycles. The van der Waals surface area contributed by atoms with Crippen LogP contribution in [0.3, 0.4) is 0 Å². The predicted octanol–water partition coefficient (Wildman–Crippen LogP) is 2.99. The van der Waals surface area contributed by atoms with Gasteiger partial charge in [0.25, 0.3) is 0 Å². The van der Waals surface area contributed by atoms with E-state index in [1.165, 1.54) is 0 Å². The van der Waals surface area contributed by atoms with E-state index in [1.807, 2.05) is 32.0 Å². The third kappa shape index (κ3) is 1.15. The van der Waals surface area contributed by atoms with Gasteiger partial charge in [-0.3, -0.25) is 4.79 Å². The highest BCUT2D eigenvalue weighted by Gasteiger charge is 2.13. The molecule has 2 aromatic rings. The van der Waals surface area contributed by atoms with E-state index in [0.717, 1.165) is 27.7 Å². The van der Waals surface area contributed by atoms with Crippen LogP contribution in [0.1, 0.15) is 28.5 Å². The van der Waals surface area contributed by atoms with Crippen LogP contribution in [0.4, 0.5) is 0 Å². The van der Waals surface area contributed by atoms with Gasteiger partial charge in [0.15, 0.2) is 5.78 Å². The zero-order valence-corrected chi connectivity index (χ0v) is 8.64. The van der Waals surface area contributed by atoms with Gasteiger partial charge in [-0.05, 0) is 32.4 Å².